The predicted octanol–water partition coefficient (Wildman–Crippen LogP) is 1.63. The summed E-state index contributed by atoms with van der Waals surface area (Å²) in [5, 5.41) is 2.44. The highest BCUT2D eigenvalue weighted by Gasteiger charge is 2.37. The van der Waals surface area contributed by atoms with Crippen LogP contribution in [0.1, 0.15) is 5.56 Å². The monoisotopic (exact) mass is 231 g/mol. The molecule has 86 valence electrons. The van der Waals surface area contributed by atoms with E-state index < -0.39 is 17.8 Å². The summed E-state index contributed by atoms with van der Waals surface area (Å²) in [6, 6.07) is 0.333. The summed E-state index contributed by atoms with van der Waals surface area (Å²) in [6.07, 6.45) is -2.38. The molecule has 0 aromatic carbocycles. The van der Waals surface area contributed by atoms with E-state index in [1.54, 1.807) is 0 Å². The van der Waals surface area contributed by atoms with E-state index in [1.165, 1.54) is 0 Å². The molecule has 16 heavy (non-hydrogen) atoms. The number of halogens is 3. The SMILES string of the molecule is O=C1NCCN1c1cnccc1C(F)(F)F. The molecular formula is C9H8F3N3O. The zero-order valence-corrected chi connectivity index (χ0v) is 8.08. The molecule has 0 saturated carbocycles. The zero-order valence-electron chi connectivity index (χ0n) is 8.08. The molecule has 4 nitrogen and oxygen atoms in total. The highest BCUT2D eigenvalue weighted by atomic mass is 19.4. The van der Waals surface area contributed by atoms with E-state index in [1.807, 2.05) is 0 Å². The number of nitrogens with zero attached hydrogens (tertiary/aromatic N) is 2. The number of rotatable bonds is 1. The lowest BCUT2D eigenvalue weighted by Crippen LogP contribution is -2.29. The molecule has 1 fully saturated rings. The molecular weight excluding hydrogens is 223 g/mol. The Balaban J connectivity index is 2.44. The standard InChI is InChI=1S/C9H8F3N3O/c10-9(11,12)6-1-2-13-5-7(6)15-4-3-14-8(15)16/h1-2,5H,3-4H2,(H,14,16). The third-order valence-electron chi connectivity index (χ3n) is 2.25. The first-order chi connectivity index (χ1) is 7.50. The molecule has 2 amide bonds. The molecule has 1 aliphatic heterocycles. The molecule has 1 aliphatic rings. The second kappa shape index (κ2) is 3.66. The van der Waals surface area contributed by atoms with E-state index in [0.29, 0.717) is 6.54 Å². The molecule has 1 N–H and O–H groups in total. The highest BCUT2D eigenvalue weighted by molar-refractivity contribution is 5.94. The van der Waals surface area contributed by atoms with Crippen LogP contribution >= 0.6 is 0 Å². The number of hydrogen-bond donors (Lipinski definition) is 1. The Labute approximate surface area is 89.1 Å². The van der Waals surface area contributed by atoms with E-state index in [0.717, 1.165) is 23.4 Å². The Kier molecular flexibility index (Phi) is 2.45. The molecule has 7 heteroatoms. The first-order valence-corrected chi connectivity index (χ1v) is 4.57. The van der Waals surface area contributed by atoms with E-state index in [2.05, 4.69) is 10.3 Å². The van der Waals surface area contributed by atoms with Gasteiger partial charge in [-0.2, -0.15) is 13.2 Å². The predicted molar refractivity (Wildman–Crippen MR) is 50.0 cm³/mol. The number of alkyl halides is 3. The molecule has 2 rings (SSSR count). The molecule has 1 saturated heterocycles. The summed E-state index contributed by atoms with van der Waals surface area (Å²) in [6.45, 7) is 0.554. The van der Waals surface area contributed by atoms with Crippen molar-refractivity contribution in [2.75, 3.05) is 18.0 Å². The topological polar surface area (TPSA) is 45.2 Å². The van der Waals surface area contributed by atoms with Crippen LogP contribution in [-0.4, -0.2) is 24.1 Å². The van der Waals surface area contributed by atoms with Crippen LogP contribution in [0.2, 0.25) is 0 Å². The van der Waals surface area contributed by atoms with Crippen molar-refractivity contribution in [1.82, 2.24) is 10.3 Å². The second-order valence-corrected chi connectivity index (χ2v) is 3.27. The van der Waals surface area contributed by atoms with Crippen LogP contribution in [0.3, 0.4) is 0 Å². The summed E-state index contributed by atoms with van der Waals surface area (Å²) in [7, 11) is 0. The molecule has 2 heterocycles. The molecule has 0 spiro atoms. The van der Waals surface area contributed by atoms with Crippen molar-refractivity contribution in [2.24, 2.45) is 0 Å². The quantitative estimate of drug-likeness (QED) is 0.798. The number of carbonyl (C=O) groups excluding carboxylic acids is 1. The van der Waals surface area contributed by atoms with Gasteiger partial charge in [0.15, 0.2) is 0 Å². The maximum atomic E-state index is 12.6. The smallest absolute Gasteiger partial charge is 0.336 e. The third kappa shape index (κ3) is 1.80. The summed E-state index contributed by atoms with van der Waals surface area (Å²) in [5.41, 5.74) is -1.05. The number of urea groups is 1. The van der Waals surface area contributed by atoms with Crippen molar-refractivity contribution in [3.63, 3.8) is 0 Å². The summed E-state index contributed by atoms with van der Waals surface area (Å²) < 4.78 is 37.9. The Morgan fingerprint density at radius 1 is 1.44 bits per heavy atom. The van der Waals surface area contributed by atoms with Crippen LogP contribution in [0.5, 0.6) is 0 Å². The van der Waals surface area contributed by atoms with Crippen LogP contribution < -0.4 is 10.2 Å². The fourth-order valence-corrected chi connectivity index (χ4v) is 1.54. The van der Waals surface area contributed by atoms with Crippen LogP contribution in [0.4, 0.5) is 23.7 Å². The lowest BCUT2D eigenvalue weighted by atomic mass is 10.2. The molecule has 0 unspecified atom stereocenters. The summed E-state index contributed by atoms with van der Waals surface area (Å²) >= 11 is 0. The number of carbonyl (C=O) groups is 1. The maximum Gasteiger partial charge on any atom is 0.418 e. The molecule has 0 radical (unpaired) electrons. The summed E-state index contributed by atoms with van der Waals surface area (Å²) in [4.78, 5) is 15.9. The largest absolute Gasteiger partial charge is 0.418 e. The highest BCUT2D eigenvalue weighted by Crippen LogP contribution is 2.36. The van der Waals surface area contributed by atoms with Gasteiger partial charge in [0.1, 0.15) is 0 Å². The number of amides is 2. The van der Waals surface area contributed by atoms with Gasteiger partial charge in [0.05, 0.1) is 17.4 Å². The minimum absolute atomic E-state index is 0.204. The van der Waals surface area contributed by atoms with Gasteiger partial charge in [-0.05, 0) is 6.07 Å². The Hall–Kier alpha value is -1.79. The van der Waals surface area contributed by atoms with Gasteiger partial charge in [0, 0.05) is 19.3 Å². The molecule has 1 aromatic heterocycles. The first-order valence-electron chi connectivity index (χ1n) is 4.57. The van der Waals surface area contributed by atoms with Gasteiger partial charge in [-0.3, -0.25) is 9.88 Å². The number of anilines is 1. The van der Waals surface area contributed by atoms with Crippen molar-refractivity contribution in [1.29, 1.82) is 0 Å². The first kappa shape index (κ1) is 10.7. The lowest BCUT2D eigenvalue weighted by molar-refractivity contribution is -0.137. The number of nitrogens with one attached hydrogen (secondary N) is 1. The fraction of sp³-hybridized carbons (Fsp3) is 0.333. The Morgan fingerprint density at radius 2 is 2.19 bits per heavy atom. The zero-order chi connectivity index (χ0) is 11.8. The average Bonchev–Trinajstić information content (AvgIpc) is 2.63. The number of pyridine rings is 1. The molecule has 0 aliphatic carbocycles. The summed E-state index contributed by atoms with van der Waals surface area (Å²) in [5.74, 6) is 0. The van der Waals surface area contributed by atoms with Crippen molar-refractivity contribution in [3.8, 4) is 0 Å². The van der Waals surface area contributed by atoms with Gasteiger partial charge < -0.3 is 5.32 Å². The number of aromatic nitrogens is 1. The average molecular weight is 231 g/mol. The van der Waals surface area contributed by atoms with Gasteiger partial charge in [0.25, 0.3) is 0 Å². The van der Waals surface area contributed by atoms with Gasteiger partial charge in [-0.15, -0.1) is 0 Å². The van der Waals surface area contributed by atoms with E-state index in [-0.39, 0.29) is 12.2 Å². The van der Waals surface area contributed by atoms with Gasteiger partial charge in [0.2, 0.25) is 0 Å². The van der Waals surface area contributed by atoms with Crippen molar-refractivity contribution in [2.45, 2.75) is 6.18 Å². The van der Waals surface area contributed by atoms with E-state index in [4.69, 9.17) is 0 Å². The van der Waals surface area contributed by atoms with Gasteiger partial charge in [-0.1, -0.05) is 0 Å². The molecule has 0 bridgehead atoms. The van der Waals surface area contributed by atoms with Crippen LogP contribution in [-0.2, 0) is 6.18 Å². The normalized spacial score (nSPS) is 16.4. The van der Waals surface area contributed by atoms with Crippen LogP contribution in [0, 0.1) is 0 Å². The minimum atomic E-state index is -4.48. The minimum Gasteiger partial charge on any atom is -0.336 e. The lowest BCUT2D eigenvalue weighted by Gasteiger charge is -2.19. The molecule has 1 aromatic rings. The van der Waals surface area contributed by atoms with Crippen LogP contribution in [0.25, 0.3) is 0 Å². The van der Waals surface area contributed by atoms with Gasteiger partial charge >= 0.3 is 12.2 Å². The van der Waals surface area contributed by atoms with Gasteiger partial charge in [-0.25, -0.2) is 4.79 Å². The fourth-order valence-electron chi connectivity index (χ4n) is 1.54. The van der Waals surface area contributed by atoms with Crippen molar-refractivity contribution < 1.29 is 18.0 Å². The van der Waals surface area contributed by atoms with Crippen LogP contribution in [0.15, 0.2) is 18.5 Å². The van der Waals surface area contributed by atoms with E-state index in [9.17, 15) is 18.0 Å². The maximum absolute atomic E-state index is 12.6. The third-order valence-corrected chi connectivity index (χ3v) is 2.25. The Morgan fingerprint density at radius 3 is 2.75 bits per heavy atom. The van der Waals surface area contributed by atoms with E-state index >= 15 is 0 Å². The molecule has 0 atom stereocenters. The number of hydrogen-bond acceptors (Lipinski definition) is 2. The second-order valence-electron chi connectivity index (χ2n) is 3.27. The Bertz CT molecular complexity index is 419. The van der Waals surface area contributed by atoms with Crippen molar-refractivity contribution >= 4 is 11.7 Å². The van der Waals surface area contributed by atoms with Crippen molar-refractivity contribution in [3.05, 3.63) is 24.0 Å².